The molecule has 1 N–H and O–H groups in total. The van der Waals surface area contributed by atoms with Crippen LogP contribution in [0.5, 0.6) is 0 Å². The van der Waals surface area contributed by atoms with Gasteiger partial charge in [0.05, 0.1) is 5.69 Å². The largest absolute Gasteiger partial charge is 0.357 e. The molecule has 0 aliphatic rings. The molecule has 1 heterocycles. The maximum atomic E-state index is 13.3. The van der Waals surface area contributed by atoms with Gasteiger partial charge in [-0.2, -0.15) is 0 Å². The predicted octanol–water partition coefficient (Wildman–Crippen LogP) is 3.34. The highest BCUT2D eigenvalue weighted by Crippen LogP contribution is 2.16. The zero-order chi connectivity index (χ0) is 11.5. The molecule has 1 aromatic heterocycles. The Labute approximate surface area is 96.0 Å². The van der Waals surface area contributed by atoms with Gasteiger partial charge in [0.25, 0.3) is 0 Å². The van der Waals surface area contributed by atoms with Crippen molar-refractivity contribution in [3.8, 4) is 0 Å². The number of benzene rings is 1. The molecule has 0 aliphatic carbocycles. The molecule has 84 valence electrons. The first-order valence-electron chi connectivity index (χ1n) is 4.75. The zero-order valence-electron chi connectivity index (χ0n) is 8.63. The molecule has 0 unspecified atom stereocenters. The van der Waals surface area contributed by atoms with E-state index < -0.39 is 11.6 Å². The third kappa shape index (κ3) is 2.55. The number of hydrogen-bond acceptors (Lipinski definition) is 3. The maximum absolute atomic E-state index is 13.3. The van der Waals surface area contributed by atoms with E-state index in [1.54, 1.807) is 0 Å². The third-order valence-corrected chi connectivity index (χ3v) is 2.98. The number of aryl methyl sites for hydroxylation is 1. The molecule has 0 saturated heterocycles. The minimum Gasteiger partial charge on any atom is -0.357 e. The molecule has 0 saturated carbocycles. The second-order valence-corrected chi connectivity index (χ2v) is 4.24. The Morgan fingerprint density at radius 1 is 1.38 bits per heavy atom. The van der Waals surface area contributed by atoms with E-state index in [2.05, 4.69) is 10.3 Å². The van der Waals surface area contributed by atoms with Crippen molar-refractivity contribution in [3.05, 3.63) is 46.5 Å². The molecule has 2 rings (SSSR count). The normalized spacial score (nSPS) is 10.4. The summed E-state index contributed by atoms with van der Waals surface area (Å²) in [4.78, 5) is 4.18. The van der Waals surface area contributed by atoms with E-state index in [0.29, 0.717) is 12.1 Å². The number of anilines is 1. The molecule has 1 aromatic carbocycles. The number of aromatic nitrogens is 1. The second-order valence-electron chi connectivity index (χ2n) is 3.38. The summed E-state index contributed by atoms with van der Waals surface area (Å²) in [7, 11) is 0. The summed E-state index contributed by atoms with van der Waals surface area (Å²) < 4.78 is 25.9. The fourth-order valence-electron chi connectivity index (χ4n) is 1.27. The molecular weight excluding hydrogens is 230 g/mol. The van der Waals surface area contributed by atoms with Gasteiger partial charge < -0.3 is 5.32 Å². The molecule has 0 bridgehead atoms. The van der Waals surface area contributed by atoms with Crippen LogP contribution in [-0.2, 0) is 6.54 Å². The summed E-state index contributed by atoms with van der Waals surface area (Å²) in [6, 6.07) is 3.55. The van der Waals surface area contributed by atoms with Crippen LogP contribution in [0.1, 0.15) is 11.3 Å². The highest BCUT2D eigenvalue weighted by Gasteiger charge is 2.04. The van der Waals surface area contributed by atoms with Gasteiger partial charge in [0.15, 0.2) is 5.13 Å². The molecular formula is C11H10F2N2S. The summed E-state index contributed by atoms with van der Waals surface area (Å²) in [5.74, 6) is -1.10. The predicted molar refractivity (Wildman–Crippen MR) is 60.5 cm³/mol. The topological polar surface area (TPSA) is 24.9 Å². The lowest BCUT2D eigenvalue weighted by Gasteiger charge is -2.04. The van der Waals surface area contributed by atoms with Gasteiger partial charge in [-0.3, -0.25) is 0 Å². The van der Waals surface area contributed by atoms with E-state index in [1.807, 2.05) is 12.3 Å². The lowest BCUT2D eigenvalue weighted by atomic mass is 10.2. The van der Waals surface area contributed by atoms with Gasteiger partial charge >= 0.3 is 0 Å². The first-order chi connectivity index (χ1) is 7.65. The summed E-state index contributed by atoms with van der Waals surface area (Å²) in [5.41, 5.74) is 1.35. The van der Waals surface area contributed by atoms with Crippen molar-refractivity contribution in [3.63, 3.8) is 0 Å². The van der Waals surface area contributed by atoms with Gasteiger partial charge in [0.1, 0.15) is 11.6 Å². The quantitative estimate of drug-likeness (QED) is 0.890. The molecule has 2 nitrogen and oxygen atoms in total. The van der Waals surface area contributed by atoms with Crippen molar-refractivity contribution < 1.29 is 8.78 Å². The van der Waals surface area contributed by atoms with Crippen LogP contribution in [0.25, 0.3) is 0 Å². The molecule has 5 heteroatoms. The fraction of sp³-hybridized carbons (Fsp3) is 0.182. The Hall–Kier alpha value is -1.49. The smallest absolute Gasteiger partial charge is 0.183 e. The lowest BCUT2D eigenvalue weighted by molar-refractivity contribution is 0.574. The zero-order valence-corrected chi connectivity index (χ0v) is 9.44. The van der Waals surface area contributed by atoms with Gasteiger partial charge in [-0.05, 0) is 13.0 Å². The van der Waals surface area contributed by atoms with E-state index in [0.717, 1.165) is 16.9 Å². The van der Waals surface area contributed by atoms with Crippen LogP contribution in [-0.4, -0.2) is 4.98 Å². The van der Waals surface area contributed by atoms with Gasteiger partial charge in [-0.15, -0.1) is 11.3 Å². The summed E-state index contributed by atoms with van der Waals surface area (Å²) >= 11 is 1.46. The van der Waals surface area contributed by atoms with Crippen LogP contribution < -0.4 is 5.32 Å². The minimum atomic E-state index is -0.564. The van der Waals surface area contributed by atoms with Crippen LogP contribution in [0.2, 0.25) is 0 Å². The Balaban J connectivity index is 2.04. The Morgan fingerprint density at radius 3 is 2.81 bits per heavy atom. The third-order valence-electron chi connectivity index (χ3n) is 2.06. The first-order valence-corrected chi connectivity index (χ1v) is 5.63. The van der Waals surface area contributed by atoms with Crippen LogP contribution >= 0.6 is 11.3 Å². The van der Waals surface area contributed by atoms with Crippen molar-refractivity contribution >= 4 is 16.5 Å². The number of rotatable bonds is 3. The van der Waals surface area contributed by atoms with Crippen molar-refractivity contribution in [2.75, 3.05) is 5.32 Å². The van der Waals surface area contributed by atoms with E-state index in [1.165, 1.54) is 23.5 Å². The Bertz CT molecular complexity index is 496. The average molecular weight is 240 g/mol. The molecule has 0 aliphatic heterocycles. The number of nitrogens with zero attached hydrogens (tertiary/aromatic N) is 1. The van der Waals surface area contributed by atoms with Gasteiger partial charge in [0.2, 0.25) is 0 Å². The van der Waals surface area contributed by atoms with Crippen molar-refractivity contribution in [2.45, 2.75) is 13.5 Å². The van der Waals surface area contributed by atoms with E-state index in [9.17, 15) is 8.78 Å². The number of nitrogens with one attached hydrogen (secondary N) is 1. The lowest BCUT2D eigenvalue weighted by Crippen LogP contribution is -2.01. The summed E-state index contributed by atoms with van der Waals surface area (Å²) in [5, 5.41) is 5.63. The fourth-order valence-corrected chi connectivity index (χ4v) is 1.96. The molecule has 16 heavy (non-hydrogen) atoms. The van der Waals surface area contributed by atoms with Gasteiger partial charge in [-0.1, -0.05) is 6.07 Å². The highest BCUT2D eigenvalue weighted by atomic mass is 32.1. The van der Waals surface area contributed by atoms with E-state index in [-0.39, 0.29) is 0 Å². The molecule has 0 amide bonds. The molecule has 0 fully saturated rings. The Morgan fingerprint density at radius 2 is 2.19 bits per heavy atom. The summed E-state index contributed by atoms with van der Waals surface area (Å²) in [6.45, 7) is 2.19. The Kier molecular flexibility index (Phi) is 3.14. The second kappa shape index (κ2) is 4.57. The average Bonchev–Trinajstić information content (AvgIpc) is 2.63. The van der Waals surface area contributed by atoms with Gasteiger partial charge in [-0.25, -0.2) is 13.8 Å². The van der Waals surface area contributed by atoms with Crippen LogP contribution in [0.15, 0.2) is 23.6 Å². The van der Waals surface area contributed by atoms with Crippen molar-refractivity contribution in [1.29, 1.82) is 0 Å². The van der Waals surface area contributed by atoms with Crippen LogP contribution in [0, 0.1) is 18.6 Å². The number of thiazole rings is 1. The molecule has 0 spiro atoms. The van der Waals surface area contributed by atoms with Gasteiger partial charge in [0, 0.05) is 23.6 Å². The SMILES string of the molecule is Cc1csc(NCc2ccc(F)cc2F)n1. The number of halogens is 2. The highest BCUT2D eigenvalue weighted by molar-refractivity contribution is 7.13. The standard InChI is InChI=1S/C11H10F2N2S/c1-7-6-16-11(15-7)14-5-8-2-3-9(12)4-10(8)13/h2-4,6H,5H2,1H3,(H,14,15). The van der Waals surface area contributed by atoms with E-state index >= 15 is 0 Å². The molecule has 2 aromatic rings. The summed E-state index contributed by atoms with van der Waals surface area (Å²) in [6.07, 6.45) is 0. The number of hydrogen-bond donors (Lipinski definition) is 1. The van der Waals surface area contributed by atoms with Crippen LogP contribution in [0.4, 0.5) is 13.9 Å². The van der Waals surface area contributed by atoms with Crippen molar-refractivity contribution in [1.82, 2.24) is 4.98 Å². The maximum Gasteiger partial charge on any atom is 0.183 e. The van der Waals surface area contributed by atoms with Crippen LogP contribution in [0.3, 0.4) is 0 Å². The molecule has 0 radical (unpaired) electrons. The van der Waals surface area contributed by atoms with Crippen molar-refractivity contribution in [2.24, 2.45) is 0 Å². The minimum absolute atomic E-state index is 0.305. The van der Waals surface area contributed by atoms with E-state index in [4.69, 9.17) is 0 Å². The monoisotopic (exact) mass is 240 g/mol. The first kappa shape index (κ1) is 11.0. The molecule has 0 atom stereocenters.